The van der Waals surface area contributed by atoms with Gasteiger partial charge in [-0.3, -0.25) is 14.3 Å². The molecule has 8 heteroatoms. The number of halogens is 3. The minimum atomic E-state index is -0.654. The number of carbonyl (C=O) groups is 1. The number of rotatable bonds is 3. The molecule has 1 amide bonds. The molecule has 0 atom stereocenters. The lowest BCUT2D eigenvalue weighted by molar-refractivity contribution is 0.101. The Hall–Kier alpha value is -2.08. The molecule has 0 saturated carbocycles. The Kier molecular flexibility index (Phi) is 4.99. The smallest absolute Gasteiger partial charge is 0.280 e. The number of anilines is 1. The van der Waals surface area contributed by atoms with Crippen LogP contribution in [0.5, 0.6) is 0 Å². The average molecular weight is 397 g/mol. The van der Waals surface area contributed by atoms with E-state index >= 15 is 0 Å². The Morgan fingerprint density at radius 2 is 1.80 bits per heavy atom. The third kappa shape index (κ3) is 3.49. The molecule has 0 unspecified atom stereocenters. The first-order chi connectivity index (χ1) is 11.9. The number of fused-ring (bicyclic) bond motifs is 1. The van der Waals surface area contributed by atoms with Crippen molar-refractivity contribution in [3.63, 3.8) is 0 Å². The van der Waals surface area contributed by atoms with E-state index in [1.807, 2.05) is 6.92 Å². The van der Waals surface area contributed by atoms with Crippen molar-refractivity contribution >= 4 is 57.3 Å². The van der Waals surface area contributed by atoms with E-state index in [9.17, 15) is 9.59 Å². The fourth-order valence-electron chi connectivity index (χ4n) is 2.42. The molecule has 1 aromatic heterocycles. The van der Waals surface area contributed by atoms with Crippen LogP contribution in [0.1, 0.15) is 17.4 Å². The molecular formula is C17H12Cl3N3O2. The zero-order chi connectivity index (χ0) is 18.1. The highest BCUT2D eigenvalue weighted by atomic mass is 35.5. The fraction of sp³-hybridized carbons (Fsp3) is 0.118. The van der Waals surface area contributed by atoms with Gasteiger partial charge in [0.15, 0.2) is 5.69 Å². The summed E-state index contributed by atoms with van der Waals surface area (Å²) in [7, 11) is 0. The van der Waals surface area contributed by atoms with Crippen molar-refractivity contribution in [2.24, 2.45) is 0 Å². The Balaban J connectivity index is 2.10. The van der Waals surface area contributed by atoms with E-state index in [0.29, 0.717) is 33.2 Å². The molecule has 0 aliphatic carbocycles. The molecule has 0 radical (unpaired) electrons. The van der Waals surface area contributed by atoms with Gasteiger partial charge in [-0.05, 0) is 43.3 Å². The lowest BCUT2D eigenvalue weighted by Crippen LogP contribution is -2.27. The van der Waals surface area contributed by atoms with Crippen LogP contribution in [0.4, 0.5) is 5.69 Å². The van der Waals surface area contributed by atoms with Crippen LogP contribution in [0.25, 0.3) is 10.9 Å². The van der Waals surface area contributed by atoms with Crippen molar-refractivity contribution in [1.29, 1.82) is 0 Å². The van der Waals surface area contributed by atoms with Crippen molar-refractivity contribution in [2.45, 2.75) is 13.5 Å². The second kappa shape index (κ2) is 7.04. The van der Waals surface area contributed by atoms with Crippen molar-refractivity contribution in [3.8, 4) is 0 Å². The van der Waals surface area contributed by atoms with Gasteiger partial charge in [0.05, 0.1) is 21.6 Å². The highest BCUT2D eigenvalue weighted by Gasteiger charge is 2.18. The second-order valence-electron chi connectivity index (χ2n) is 5.23. The maximum Gasteiger partial charge on any atom is 0.280 e. The number of nitrogens with one attached hydrogen (secondary N) is 1. The first kappa shape index (κ1) is 17.7. The molecular weight excluding hydrogens is 385 g/mol. The van der Waals surface area contributed by atoms with Crippen molar-refractivity contribution in [2.75, 3.05) is 5.32 Å². The minimum Gasteiger partial charge on any atom is -0.319 e. The van der Waals surface area contributed by atoms with Gasteiger partial charge in [0, 0.05) is 16.6 Å². The van der Waals surface area contributed by atoms with E-state index in [2.05, 4.69) is 10.4 Å². The first-order valence-corrected chi connectivity index (χ1v) is 8.51. The Morgan fingerprint density at radius 3 is 2.48 bits per heavy atom. The van der Waals surface area contributed by atoms with Crippen LogP contribution in [0.2, 0.25) is 15.1 Å². The van der Waals surface area contributed by atoms with Crippen molar-refractivity contribution < 1.29 is 4.79 Å². The number of aromatic nitrogens is 2. The van der Waals surface area contributed by atoms with E-state index in [1.165, 1.54) is 12.1 Å². The molecule has 2 aromatic carbocycles. The number of hydrogen-bond donors (Lipinski definition) is 1. The molecule has 3 rings (SSSR count). The molecule has 25 heavy (non-hydrogen) atoms. The van der Waals surface area contributed by atoms with Gasteiger partial charge < -0.3 is 5.32 Å². The summed E-state index contributed by atoms with van der Waals surface area (Å²) < 4.78 is 1.57. The molecule has 1 N–H and O–H groups in total. The predicted molar refractivity (Wildman–Crippen MR) is 101 cm³/mol. The van der Waals surface area contributed by atoms with Crippen LogP contribution in [-0.4, -0.2) is 15.7 Å². The summed E-state index contributed by atoms with van der Waals surface area (Å²) in [4.78, 5) is 25.2. The zero-order valence-corrected chi connectivity index (χ0v) is 15.3. The van der Waals surface area contributed by atoms with E-state index in [4.69, 9.17) is 34.8 Å². The van der Waals surface area contributed by atoms with Crippen LogP contribution in [0.3, 0.4) is 0 Å². The lowest BCUT2D eigenvalue weighted by Gasteiger charge is -2.11. The van der Waals surface area contributed by atoms with Crippen molar-refractivity contribution in [3.05, 3.63) is 67.4 Å². The SMILES string of the molecule is CCn1nc(C(=O)Nc2ccc(Cl)cc2Cl)c(=O)c2cc(Cl)ccc21. The van der Waals surface area contributed by atoms with Crippen LogP contribution >= 0.6 is 34.8 Å². The molecule has 0 fully saturated rings. The van der Waals surface area contributed by atoms with Crippen molar-refractivity contribution in [1.82, 2.24) is 9.78 Å². The summed E-state index contributed by atoms with van der Waals surface area (Å²) in [6, 6.07) is 9.53. The van der Waals surface area contributed by atoms with Gasteiger partial charge in [-0.25, -0.2) is 0 Å². The normalized spacial score (nSPS) is 10.9. The molecule has 128 valence electrons. The largest absolute Gasteiger partial charge is 0.319 e. The van der Waals surface area contributed by atoms with Gasteiger partial charge in [-0.15, -0.1) is 0 Å². The topological polar surface area (TPSA) is 64.0 Å². The summed E-state index contributed by atoms with van der Waals surface area (Å²) in [5.41, 5.74) is 0.219. The standard InChI is InChI=1S/C17H12Cl3N3O2/c1-2-23-14-6-4-9(18)7-11(14)16(24)15(22-23)17(25)21-13-5-3-10(19)8-12(13)20/h3-8H,2H2,1H3,(H,21,25). The van der Waals surface area contributed by atoms with Gasteiger partial charge in [0.25, 0.3) is 5.91 Å². The quantitative estimate of drug-likeness (QED) is 0.702. The summed E-state index contributed by atoms with van der Waals surface area (Å²) >= 11 is 17.9. The first-order valence-electron chi connectivity index (χ1n) is 7.37. The number of hydrogen-bond acceptors (Lipinski definition) is 3. The number of nitrogens with zero attached hydrogens (tertiary/aromatic N) is 2. The van der Waals surface area contributed by atoms with Gasteiger partial charge in [0.2, 0.25) is 5.43 Å². The summed E-state index contributed by atoms with van der Waals surface area (Å²) in [6.07, 6.45) is 0. The molecule has 3 aromatic rings. The van der Waals surface area contributed by atoms with Crippen LogP contribution < -0.4 is 10.7 Å². The lowest BCUT2D eigenvalue weighted by atomic mass is 10.2. The predicted octanol–water partition coefficient (Wildman–Crippen LogP) is 4.63. The summed E-state index contributed by atoms with van der Waals surface area (Å²) in [6.45, 7) is 2.35. The van der Waals surface area contributed by atoms with Crippen LogP contribution in [0.15, 0.2) is 41.2 Å². The molecule has 0 bridgehead atoms. The molecule has 0 aliphatic rings. The Bertz CT molecular complexity index is 1050. The van der Waals surface area contributed by atoms with E-state index in [-0.39, 0.29) is 10.7 Å². The Morgan fingerprint density at radius 1 is 1.12 bits per heavy atom. The summed E-state index contributed by atoms with van der Waals surface area (Å²) in [5.74, 6) is -0.654. The average Bonchev–Trinajstić information content (AvgIpc) is 2.58. The highest BCUT2D eigenvalue weighted by Crippen LogP contribution is 2.25. The third-order valence-corrected chi connectivity index (χ3v) is 4.39. The monoisotopic (exact) mass is 395 g/mol. The van der Waals surface area contributed by atoms with Gasteiger partial charge >= 0.3 is 0 Å². The number of aryl methyl sites for hydroxylation is 1. The van der Waals surface area contributed by atoms with E-state index in [0.717, 1.165) is 0 Å². The van der Waals surface area contributed by atoms with Gasteiger partial charge in [0.1, 0.15) is 0 Å². The second-order valence-corrected chi connectivity index (χ2v) is 6.51. The maximum atomic E-state index is 12.7. The molecule has 0 aliphatic heterocycles. The molecule has 0 spiro atoms. The number of carbonyl (C=O) groups excluding carboxylic acids is 1. The maximum absolute atomic E-state index is 12.7. The van der Waals surface area contributed by atoms with Gasteiger partial charge in [-0.2, -0.15) is 5.10 Å². The molecule has 5 nitrogen and oxygen atoms in total. The molecule has 0 saturated heterocycles. The minimum absolute atomic E-state index is 0.234. The van der Waals surface area contributed by atoms with E-state index < -0.39 is 11.3 Å². The number of amides is 1. The van der Waals surface area contributed by atoms with Crippen LogP contribution in [-0.2, 0) is 6.54 Å². The Labute approximate surface area is 158 Å². The highest BCUT2D eigenvalue weighted by molar-refractivity contribution is 6.36. The summed E-state index contributed by atoms with van der Waals surface area (Å²) in [5, 5.41) is 8.20. The molecule has 1 heterocycles. The van der Waals surface area contributed by atoms with Crippen LogP contribution in [0, 0.1) is 0 Å². The number of benzene rings is 2. The zero-order valence-electron chi connectivity index (χ0n) is 13.0. The van der Waals surface area contributed by atoms with Gasteiger partial charge in [-0.1, -0.05) is 34.8 Å². The van der Waals surface area contributed by atoms with E-state index in [1.54, 1.807) is 28.9 Å². The third-order valence-electron chi connectivity index (χ3n) is 3.61. The fourth-order valence-corrected chi connectivity index (χ4v) is 3.05.